The first-order valence-electron chi connectivity index (χ1n) is 9.82. The van der Waals surface area contributed by atoms with Gasteiger partial charge in [-0.2, -0.15) is 10.2 Å². The summed E-state index contributed by atoms with van der Waals surface area (Å²) in [6.45, 7) is 0. The van der Waals surface area contributed by atoms with Gasteiger partial charge >= 0.3 is 0 Å². The van der Waals surface area contributed by atoms with E-state index < -0.39 is 12.1 Å². The third-order valence-electron chi connectivity index (χ3n) is 4.76. The number of aromatic nitrogens is 2. The molecule has 3 heterocycles. The number of hydrogen-bond acceptors (Lipinski definition) is 10. The number of carbonyl (C=O) groups is 1. The van der Waals surface area contributed by atoms with Gasteiger partial charge in [-0.1, -0.05) is 60.7 Å². The molecule has 0 radical (unpaired) electrons. The summed E-state index contributed by atoms with van der Waals surface area (Å²) in [6, 6.07) is 19.2. The Morgan fingerprint density at radius 2 is 1.70 bits per heavy atom. The molecule has 1 amide bonds. The molecule has 164 valence electrons. The highest BCUT2D eigenvalue weighted by Crippen LogP contribution is 2.31. The molecule has 5 rings (SSSR count). The molecule has 0 spiro atoms. The van der Waals surface area contributed by atoms with Crippen LogP contribution in [0.2, 0.25) is 0 Å². The van der Waals surface area contributed by atoms with Crippen LogP contribution < -0.4 is 16.2 Å². The van der Waals surface area contributed by atoms with Crippen molar-refractivity contribution in [2.45, 2.75) is 6.23 Å². The maximum atomic E-state index is 11.3. The van der Waals surface area contributed by atoms with Crippen LogP contribution >= 0.6 is 22.7 Å². The molecule has 0 aliphatic carbocycles. The molecule has 0 saturated carbocycles. The number of primary amides is 1. The summed E-state index contributed by atoms with van der Waals surface area (Å²) in [4.78, 5) is 20.0. The van der Waals surface area contributed by atoms with Crippen molar-refractivity contribution in [3.05, 3.63) is 82.7 Å². The summed E-state index contributed by atoms with van der Waals surface area (Å²) in [6.07, 6.45) is -1.17. The van der Waals surface area contributed by atoms with Gasteiger partial charge in [0.25, 0.3) is 5.91 Å². The van der Waals surface area contributed by atoms with Crippen LogP contribution in [-0.4, -0.2) is 38.6 Å². The molecule has 1 atom stereocenters. The minimum atomic E-state index is -1.17. The lowest BCUT2D eigenvalue weighted by atomic mass is 10.1. The Kier molecular flexibility index (Phi) is 5.65. The van der Waals surface area contributed by atoms with Crippen molar-refractivity contribution in [3.8, 4) is 11.3 Å². The van der Waals surface area contributed by atoms with Crippen molar-refractivity contribution in [2.75, 3.05) is 10.4 Å². The SMILES string of the molecule is NC(=O)c1csc(N/N=C2/C(c3ccccc3)=NN(c3nc(-c4ccccc4)cs3)C2O)n1. The predicted molar refractivity (Wildman–Crippen MR) is 131 cm³/mol. The highest BCUT2D eigenvalue weighted by Gasteiger charge is 2.35. The lowest BCUT2D eigenvalue weighted by Crippen LogP contribution is -2.34. The molecule has 1 unspecified atom stereocenters. The van der Waals surface area contributed by atoms with Gasteiger partial charge in [-0.3, -0.25) is 10.2 Å². The summed E-state index contributed by atoms with van der Waals surface area (Å²) in [7, 11) is 0. The molecule has 9 nitrogen and oxygen atoms in total. The molecule has 0 bridgehead atoms. The van der Waals surface area contributed by atoms with Crippen molar-refractivity contribution in [2.24, 2.45) is 15.9 Å². The number of nitrogens with two attached hydrogens (primary N) is 1. The average Bonchev–Trinajstić information content (AvgIpc) is 3.58. The highest BCUT2D eigenvalue weighted by molar-refractivity contribution is 7.14. The molecule has 2 aromatic carbocycles. The molecule has 4 N–H and O–H groups in total. The number of amides is 1. The van der Waals surface area contributed by atoms with Crippen LogP contribution in [0.1, 0.15) is 16.1 Å². The fourth-order valence-electron chi connectivity index (χ4n) is 3.17. The number of anilines is 2. The van der Waals surface area contributed by atoms with Crippen LogP contribution in [0.3, 0.4) is 0 Å². The number of rotatable bonds is 6. The van der Waals surface area contributed by atoms with Crippen molar-refractivity contribution >= 4 is 50.3 Å². The first-order chi connectivity index (χ1) is 16.1. The van der Waals surface area contributed by atoms with Crippen molar-refractivity contribution < 1.29 is 9.90 Å². The number of carbonyl (C=O) groups excluding carboxylic acids is 1. The van der Waals surface area contributed by atoms with Gasteiger partial charge in [-0.15, -0.1) is 22.7 Å². The third kappa shape index (κ3) is 4.24. The van der Waals surface area contributed by atoms with Gasteiger partial charge in [0.1, 0.15) is 17.1 Å². The number of aliphatic hydroxyl groups excluding tert-OH is 1. The number of aliphatic hydroxyl groups is 1. The van der Waals surface area contributed by atoms with E-state index in [-0.39, 0.29) is 5.69 Å². The van der Waals surface area contributed by atoms with Gasteiger partial charge in [-0.05, 0) is 0 Å². The van der Waals surface area contributed by atoms with Crippen LogP contribution in [0.25, 0.3) is 11.3 Å². The van der Waals surface area contributed by atoms with E-state index in [0.29, 0.717) is 21.7 Å². The van der Waals surface area contributed by atoms with E-state index in [0.717, 1.165) is 16.8 Å². The van der Waals surface area contributed by atoms with Gasteiger partial charge in [0.05, 0.1) is 5.69 Å². The summed E-state index contributed by atoms with van der Waals surface area (Å²) >= 11 is 2.56. The Labute approximate surface area is 196 Å². The molecule has 2 aromatic heterocycles. The maximum Gasteiger partial charge on any atom is 0.268 e. The normalized spacial score (nSPS) is 16.8. The monoisotopic (exact) mass is 475 g/mol. The van der Waals surface area contributed by atoms with Gasteiger partial charge in [0, 0.05) is 21.9 Å². The molecule has 11 heteroatoms. The van der Waals surface area contributed by atoms with Gasteiger partial charge < -0.3 is 10.8 Å². The lowest BCUT2D eigenvalue weighted by molar-refractivity contribution is 0.0996. The van der Waals surface area contributed by atoms with E-state index in [1.807, 2.05) is 66.0 Å². The predicted octanol–water partition coefficient (Wildman–Crippen LogP) is 3.38. The van der Waals surface area contributed by atoms with Crippen molar-refractivity contribution in [1.29, 1.82) is 0 Å². The van der Waals surface area contributed by atoms with E-state index in [1.165, 1.54) is 33.1 Å². The van der Waals surface area contributed by atoms with E-state index in [2.05, 4.69) is 25.6 Å². The van der Waals surface area contributed by atoms with Crippen molar-refractivity contribution in [1.82, 2.24) is 9.97 Å². The summed E-state index contributed by atoms with van der Waals surface area (Å²) < 4.78 is 0. The van der Waals surface area contributed by atoms with E-state index in [1.54, 1.807) is 0 Å². The van der Waals surface area contributed by atoms with Crippen LogP contribution in [0.5, 0.6) is 0 Å². The smallest absolute Gasteiger partial charge is 0.268 e. The Hall–Kier alpha value is -3.93. The standard InChI is InChI=1S/C22H17N7O2S2/c23-19(30)16-12-32-21(24-16)27-26-18-17(14-9-5-2-6-10-14)28-29(20(18)31)22-25-15(11-33-22)13-7-3-1-4-8-13/h1-12,20,31H,(H2,23,30)(H,24,27)/b26-18-. The van der Waals surface area contributed by atoms with Crippen LogP contribution in [-0.2, 0) is 0 Å². The zero-order valence-corrected chi connectivity index (χ0v) is 18.6. The van der Waals surface area contributed by atoms with E-state index in [4.69, 9.17) is 5.73 Å². The molecule has 1 aliphatic rings. The Bertz CT molecular complexity index is 1350. The molecule has 33 heavy (non-hydrogen) atoms. The van der Waals surface area contributed by atoms with Gasteiger partial charge in [0.15, 0.2) is 6.23 Å². The fourth-order valence-corrected chi connectivity index (χ4v) is 4.62. The maximum absolute atomic E-state index is 11.3. The third-order valence-corrected chi connectivity index (χ3v) is 6.34. The minimum absolute atomic E-state index is 0.143. The summed E-state index contributed by atoms with van der Waals surface area (Å²) in [5.41, 5.74) is 11.6. The Morgan fingerprint density at radius 3 is 2.36 bits per heavy atom. The average molecular weight is 476 g/mol. The number of hydrogen-bond donors (Lipinski definition) is 3. The Balaban J connectivity index is 1.48. The number of hydrazone groups is 2. The quantitative estimate of drug-likeness (QED) is 0.367. The van der Waals surface area contributed by atoms with Gasteiger partial charge in [-0.25, -0.2) is 15.0 Å². The second kappa shape index (κ2) is 8.90. The topological polar surface area (TPSA) is 129 Å². The summed E-state index contributed by atoms with van der Waals surface area (Å²) in [5, 5.41) is 25.9. The fraction of sp³-hybridized carbons (Fsp3) is 0.0455. The van der Waals surface area contributed by atoms with Crippen LogP contribution in [0, 0.1) is 0 Å². The number of nitrogens with one attached hydrogen (secondary N) is 1. The molecule has 0 fully saturated rings. The first kappa shape index (κ1) is 20.9. The van der Waals surface area contributed by atoms with Crippen LogP contribution in [0.15, 0.2) is 81.6 Å². The zero-order valence-electron chi connectivity index (χ0n) is 17.0. The largest absolute Gasteiger partial charge is 0.366 e. The zero-order chi connectivity index (χ0) is 22.8. The molecular formula is C22H17N7O2S2. The van der Waals surface area contributed by atoms with Crippen molar-refractivity contribution in [3.63, 3.8) is 0 Å². The van der Waals surface area contributed by atoms with E-state index in [9.17, 15) is 9.90 Å². The van der Waals surface area contributed by atoms with Crippen LogP contribution in [0.4, 0.5) is 10.3 Å². The first-order valence-corrected chi connectivity index (χ1v) is 11.6. The highest BCUT2D eigenvalue weighted by atomic mass is 32.1. The molecule has 0 saturated heterocycles. The molecule has 4 aromatic rings. The number of thiazole rings is 2. The minimum Gasteiger partial charge on any atom is -0.366 e. The second-order valence-electron chi connectivity index (χ2n) is 6.93. The number of benzene rings is 2. The number of nitrogens with zero attached hydrogens (tertiary/aromatic N) is 5. The summed E-state index contributed by atoms with van der Waals surface area (Å²) in [5.74, 6) is -0.622. The molecular weight excluding hydrogens is 458 g/mol. The lowest BCUT2D eigenvalue weighted by Gasteiger charge is -2.15. The van der Waals surface area contributed by atoms with E-state index >= 15 is 0 Å². The molecule has 1 aliphatic heterocycles. The second-order valence-corrected chi connectivity index (χ2v) is 8.62. The Morgan fingerprint density at radius 1 is 1.00 bits per heavy atom. The van der Waals surface area contributed by atoms with Gasteiger partial charge in [0.2, 0.25) is 10.3 Å².